The standard InChI is InChI=1S/C23H24BrClFNO4/c1-22(2,3)31-21(28)27-9-10-29-13-18(27)23(14-7-5-4-6-8-14)12-15-17(30-23)11-16(26)20(25)19(15)24/h4-8,11,18H,9-10,12-13H2,1-3H3. The third kappa shape index (κ3) is 4.15. The van der Waals surface area contributed by atoms with Crippen molar-refractivity contribution in [3.8, 4) is 5.75 Å². The first-order valence-electron chi connectivity index (χ1n) is 10.1. The Morgan fingerprint density at radius 3 is 2.71 bits per heavy atom. The van der Waals surface area contributed by atoms with Crippen molar-refractivity contribution >= 4 is 33.6 Å². The molecule has 2 aromatic rings. The number of rotatable bonds is 2. The smallest absolute Gasteiger partial charge is 0.410 e. The summed E-state index contributed by atoms with van der Waals surface area (Å²) >= 11 is 9.58. The quantitative estimate of drug-likeness (QED) is 0.484. The summed E-state index contributed by atoms with van der Waals surface area (Å²) in [6.07, 6.45) is -0.0424. The molecule has 2 aromatic carbocycles. The van der Waals surface area contributed by atoms with Crippen molar-refractivity contribution < 1.29 is 23.4 Å². The summed E-state index contributed by atoms with van der Waals surface area (Å²) in [5.41, 5.74) is -0.0109. The number of halogens is 3. The number of ether oxygens (including phenoxy) is 3. The molecule has 0 radical (unpaired) electrons. The minimum Gasteiger partial charge on any atom is -0.480 e. The Bertz CT molecular complexity index is 997. The molecule has 1 saturated heterocycles. The fourth-order valence-corrected chi connectivity index (χ4v) is 4.84. The van der Waals surface area contributed by atoms with Crippen molar-refractivity contribution in [2.75, 3.05) is 19.8 Å². The predicted molar refractivity (Wildman–Crippen MR) is 119 cm³/mol. The maximum absolute atomic E-state index is 14.4. The van der Waals surface area contributed by atoms with Gasteiger partial charge in [-0.1, -0.05) is 41.9 Å². The second kappa shape index (κ2) is 8.26. The number of carbonyl (C=O) groups excluding carboxylic acids is 1. The molecule has 2 atom stereocenters. The van der Waals surface area contributed by atoms with Crippen LogP contribution in [0.1, 0.15) is 31.9 Å². The molecule has 0 N–H and O–H groups in total. The highest BCUT2D eigenvalue weighted by atomic mass is 79.9. The molecule has 2 aliphatic rings. The fourth-order valence-electron chi connectivity index (χ4n) is 4.15. The van der Waals surface area contributed by atoms with Crippen LogP contribution >= 0.6 is 27.5 Å². The van der Waals surface area contributed by atoms with Gasteiger partial charge in [-0.3, -0.25) is 4.90 Å². The fraction of sp³-hybridized carbons (Fsp3) is 0.435. The highest BCUT2D eigenvalue weighted by Crippen LogP contribution is 2.50. The lowest BCUT2D eigenvalue weighted by atomic mass is 9.81. The van der Waals surface area contributed by atoms with Gasteiger partial charge in [-0.2, -0.15) is 0 Å². The Morgan fingerprint density at radius 1 is 1.32 bits per heavy atom. The van der Waals surface area contributed by atoms with E-state index in [9.17, 15) is 9.18 Å². The van der Waals surface area contributed by atoms with E-state index in [2.05, 4.69) is 15.9 Å². The molecule has 4 rings (SSSR count). The number of amides is 1. The third-order valence-corrected chi connectivity index (χ3v) is 6.98. The van der Waals surface area contributed by atoms with Crippen LogP contribution in [-0.4, -0.2) is 42.4 Å². The number of carbonyl (C=O) groups is 1. The summed E-state index contributed by atoms with van der Waals surface area (Å²) in [6, 6.07) is 10.4. The van der Waals surface area contributed by atoms with Crippen molar-refractivity contribution in [2.45, 2.75) is 44.4 Å². The minimum absolute atomic E-state index is 0.00936. The molecule has 2 unspecified atom stereocenters. The molecule has 31 heavy (non-hydrogen) atoms. The number of nitrogens with zero attached hydrogens (tertiary/aromatic N) is 1. The van der Waals surface area contributed by atoms with E-state index in [1.165, 1.54) is 6.07 Å². The Hall–Kier alpha value is -1.83. The number of hydrogen-bond acceptors (Lipinski definition) is 4. The Kier molecular flexibility index (Phi) is 5.96. The summed E-state index contributed by atoms with van der Waals surface area (Å²) < 4.78 is 32.8. The number of hydrogen-bond donors (Lipinski definition) is 0. The molecule has 5 nitrogen and oxygen atoms in total. The van der Waals surface area contributed by atoms with Crippen LogP contribution in [0.15, 0.2) is 40.9 Å². The molecule has 0 aliphatic carbocycles. The predicted octanol–water partition coefficient (Wildman–Crippen LogP) is 5.71. The molecule has 2 heterocycles. The molecule has 0 bridgehead atoms. The van der Waals surface area contributed by atoms with Gasteiger partial charge in [0.1, 0.15) is 23.2 Å². The van der Waals surface area contributed by atoms with Gasteiger partial charge >= 0.3 is 6.09 Å². The van der Waals surface area contributed by atoms with Gasteiger partial charge < -0.3 is 14.2 Å². The van der Waals surface area contributed by atoms with E-state index in [0.29, 0.717) is 29.8 Å². The molecule has 2 aliphatic heterocycles. The average molecular weight is 513 g/mol. The number of fused-ring (bicyclic) bond motifs is 1. The van der Waals surface area contributed by atoms with Gasteiger partial charge in [0, 0.05) is 29.1 Å². The number of benzene rings is 2. The summed E-state index contributed by atoms with van der Waals surface area (Å²) in [6.45, 7) is 6.52. The zero-order chi connectivity index (χ0) is 22.4. The van der Waals surface area contributed by atoms with Crippen molar-refractivity contribution in [1.82, 2.24) is 4.90 Å². The van der Waals surface area contributed by atoms with Gasteiger partial charge in [0.25, 0.3) is 0 Å². The average Bonchev–Trinajstić information content (AvgIpc) is 3.12. The van der Waals surface area contributed by atoms with Crippen molar-refractivity contribution in [3.63, 3.8) is 0 Å². The normalized spacial score (nSPS) is 23.3. The van der Waals surface area contributed by atoms with Crippen LogP contribution in [0.4, 0.5) is 9.18 Å². The summed E-state index contributed by atoms with van der Waals surface area (Å²) in [5.74, 6) is -0.174. The third-order valence-electron chi connectivity index (χ3n) is 5.51. The topological polar surface area (TPSA) is 48.0 Å². The van der Waals surface area contributed by atoms with E-state index in [1.54, 1.807) is 4.90 Å². The van der Waals surface area contributed by atoms with Gasteiger partial charge in [0.15, 0.2) is 5.60 Å². The van der Waals surface area contributed by atoms with E-state index in [4.69, 9.17) is 25.8 Å². The van der Waals surface area contributed by atoms with E-state index < -0.39 is 29.2 Å². The second-order valence-corrected chi connectivity index (χ2v) is 9.93. The van der Waals surface area contributed by atoms with Gasteiger partial charge in [-0.25, -0.2) is 9.18 Å². The zero-order valence-corrected chi connectivity index (χ0v) is 19.9. The molecule has 0 aromatic heterocycles. The number of morpholine rings is 1. The molecular formula is C23H24BrClFNO4. The Balaban J connectivity index is 1.81. The molecule has 1 fully saturated rings. The van der Waals surface area contributed by atoms with Crippen LogP contribution in [0.3, 0.4) is 0 Å². The first kappa shape index (κ1) is 22.4. The van der Waals surface area contributed by atoms with Crippen molar-refractivity contribution in [2.24, 2.45) is 0 Å². The maximum atomic E-state index is 14.4. The Labute approximate surface area is 194 Å². The molecule has 1 amide bonds. The monoisotopic (exact) mass is 511 g/mol. The molecule has 8 heteroatoms. The summed E-state index contributed by atoms with van der Waals surface area (Å²) in [5, 5.41) is 0.00936. The van der Waals surface area contributed by atoms with Crippen LogP contribution in [-0.2, 0) is 21.5 Å². The SMILES string of the molecule is CC(C)(C)OC(=O)N1CCOCC1C1(c2ccccc2)Cc2c(cc(F)c(Cl)c2Br)O1. The van der Waals surface area contributed by atoms with E-state index in [-0.39, 0.29) is 11.6 Å². The highest BCUT2D eigenvalue weighted by molar-refractivity contribution is 9.10. The zero-order valence-electron chi connectivity index (χ0n) is 17.6. The first-order chi connectivity index (χ1) is 14.6. The van der Waals surface area contributed by atoms with Gasteiger partial charge in [0.05, 0.1) is 18.2 Å². The van der Waals surface area contributed by atoms with Crippen LogP contribution in [0.2, 0.25) is 5.02 Å². The van der Waals surface area contributed by atoms with E-state index >= 15 is 0 Å². The minimum atomic E-state index is -0.986. The highest BCUT2D eigenvalue weighted by Gasteiger charge is 2.53. The van der Waals surface area contributed by atoms with Gasteiger partial charge in [-0.05, 0) is 42.3 Å². The lowest BCUT2D eigenvalue weighted by Gasteiger charge is -2.45. The summed E-state index contributed by atoms with van der Waals surface area (Å²) in [4.78, 5) is 14.8. The van der Waals surface area contributed by atoms with Crippen LogP contribution in [0.25, 0.3) is 0 Å². The van der Waals surface area contributed by atoms with Gasteiger partial charge in [0.2, 0.25) is 0 Å². The van der Waals surface area contributed by atoms with Crippen LogP contribution in [0.5, 0.6) is 5.75 Å². The van der Waals surface area contributed by atoms with Crippen LogP contribution in [0, 0.1) is 5.82 Å². The molecule has 0 spiro atoms. The molecule has 0 saturated carbocycles. The lowest BCUT2D eigenvalue weighted by Crippen LogP contribution is -2.61. The van der Waals surface area contributed by atoms with Crippen LogP contribution < -0.4 is 4.74 Å². The van der Waals surface area contributed by atoms with Crippen molar-refractivity contribution in [1.29, 1.82) is 0 Å². The van der Waals surface area contributed by atoms with E-state index in [1.807, 2.05) is 51.1 Å². The summed E-state index contributed by atoms with van der Waals surface area (Å²) in [7, 11) is 0. The van der Waals surface area contributed by atoms with E-state index in [0.717, 1.165) is 11.1 Å². The lowest BCUT2D eigenvalue weighted by molar-refractivity contribution is -0.0957. The molecule has 166 valence electrons. The van der Waals surface area contributed by atoms with Crippen molar-refractivity contribution in [3.05, 3.63) is 62.8 Å². The largest absolute Gasteiger partial charge is 0.480 e. The molecular weight excluding hydrogens is 489 g/mol. The maximum Gasteiger partial charge on any atom is 0.410 e. The second-order valence-electron chi connectivity index (χ2n) is 8.76. The Morgan fingerprint density at radius 2 is 2.03 bits per heavy atom. The first-order valence-corrected chi connectivity index (χ1v) is 11.3. The van der Waals surface area contributed by atoms with Gasteiger partial charge in [-0.15, -0.1) is 0 Å².